The highest BCUT2D eigenvalue weighted by Crippen LogP contribution is 2.14. The van der Waals surface area contributed by atoms with Crippen LogP contribution in [-0.4, -0.2) is 43.2 Å². The second-order valence-corrected chi connectivity index (χ2v) is 3.57. The average Bonchev–Trinajstić information content (AvgIpc) is 2.20. The number of hydrogen-bond donors (Lipinski definition) is 1. The Morgan fingerprint density at radius 2 is 2.14 bits per heavy atom. The Bertz CT molecular complexity index is 177. The Balaban J connectivity index is 2.24. The van der Waals surface area contributed by atoms with E-state index in [-0.39, 0.29) is 5.91 Å². The highest BCUT2D eigenvalue weighted by molar-refractivity contribution is 5.76. The van der Waals surface area contributed by atoms with Crippen molar-refractivity contribution in [2.45, 2.75) is 32.3 Å². The summed E-state index contributed by atoms with van der Waals surface area (Å²) >= 11 is 0. The van der Waals surface area contributed by atoms with Crippen LogP contribution < -0.4 is 5.73 Å². The van der Waals surface area contributed by atoms with Gasteiger partial charge in [0.25, 0.3) is 0 Å². The summed E-state index contributed by atoms with van der Waals surface area (Å²) in [5.41, 5.74) is 5.34. The van der Waals surface area contributed by atoms with E-state index < -0.39 is 0 Å². The van der Waals surface area contributed by atoms with E-state index in [0.717, 1.165) is 32.5 Å². The van der Waals surface area contributed by atoms with Crippen LogP contribution in [0.1, 0.15) is 26.2 Å². The first-order valence-electron chi connectivity index (χ1n) is 5.37. The predicted octanol–water partition coefficient (Wildman–Crippen LogP) is 0.363. The molecule has 2 N–H and O–H groups in total. The molecule has 0 unspecified atom stereocenters. The maximum absolute atomic E-state index is 11.5. The number of amides is 1. The molecule has 0 bridgehead atoms. The van der Waals surface area contributed by atoms with Gasteiger partial charge in [-0.2, -0.15) is 0 Å². The van der Waals surface area contributed by atoms with Crippen molar-refractivity contribution in [2.75, 3.05) is 26.2 Å². The summed E-state index contributed by atoms with van der Waals surface area (Å²) in [4.78, 5) is 13.4. The van der Waals surface area contributed by atoms with Crippen LogP contribution in [0.15, 0.2) is 0 Å². The third-order valence-electron chi connectivity index (χ3n) is 2.56. The molecule has 1 aliphatic heterocycles. The Morgan fingerprint density at radius 3 is 2.64 bits per heavy atom. The predicted molar refractivity (Wildman–Crippen MR) is 54.9 cm³/mol. The maximum Gasteiger partial charge on any atom is 0.223 e. The smallest absolute Gasteiger partial charge is 0.223 e. The molecule has 1 amide bonds. The lowest BCUT2D eigenvalue weighted by atomic mass is 10.1. The van der Waals surface area contributed by atoms with E-state index in [0.29, 0.717) is 19.1 Å². The third kappa shape index (κ3) is 3.27. The molecular formula is C10H20N2O2. The first-order valence-corrected chi connectivity index (χ1v) is 5.37. The zero-order valence-electron chi connectivity index (χ0n) is 8.87. The highest BCUT2D eigenvalue weighted by atomic mass is 16.5. The van der Waals surface area contributed by atoms with Crippen molar-refractivity contribution in [3.8, 4) is 0 Å². The fourth-order valence-corrected chi connectivity index (χ4v) is 1.79. The van der Waals surface area contributed by atoms with E-state index in [2.05, 4.69) is 0 Å². The van der Waals surface area contributed by atoms with Crippen LogP contribution in [0.3, 0.4) is 0 Å². The van der Waals surface area contributed by atoms with Gasteiger partial charge in [-0.1, -0.05) is 0 Å². The van der Waals surface area contributed by atoms with E-state index >= 15 is 0 Å². The molecule has 0 atom stereocenters. The third-order valence-corrected chi connectivity index (χ3v) is 2.56. The van der Waals surface area contributed by atoms with Gasteiger partial charge in [-0.3, -0.25) is 4.79 Å². The summed E-state index contributed by atoms with van der Waals surface area (Å²) < 4.78 is 5.51. The van der Waals surface area contributed by atoms with Crippen LogP contribution in [0.25, 0.3) is 0 Å². The van der Waals surface area contributed by atoms with Crippen molar-refractivity contribution in [1.82, 2.24) is 4.90 Å². The molecular weight excluding hydrogens is 180 g/mol. The number of ether oxygens (including phenoxy) is 1. The second kappa shape index (κ2) is 5.98. The minimum atomic E-state index is 0.183. The molecule has 0 aliphatic carbocycles. The molecule has 1 aliphatic rings. The summed E-state index contributed by atoms with van der Waals surface area (Å²) in [7, 11) is 0. The molecule has 4 nitrogen and oxygen atoms in total. The van der Waals surface area contributed by atoms with E-state index in [1.807, 2.05) is 11.8 Å². The molecule has 0 spiro atoms. The van der Waals surface area contributed by atoms with Gasteiger partial charge in [0.05, 0.1) is 6.10 Å². The van der Waals surface area contributed by atoms with E-state index in [1.54, 1.807) is 0 Å². The first-order chi connectivity index (χ1) is 6.77. The number of carbonyl (C=O) groups is 1. The fourth-order valence-electron chi connectivity index (χ4n) is 1.79. The van der Waals surface area contributed by atoms with E-state index in [4.69, 9.17) is 10.5 Å². The van der Waals surface area contributed by atoms with E-state index in [1.165, 1.54) is 0 Å². The molecule has 14 heavy (non-hydrogen) atoms. The number of nitrogens with zero attached hydrogens (tertiary/aromatic N) is 1. The molecule has 82 valence electrons. The van der Waals surface area contributed by atoms with E-state index in [9.17, 15) is 4.79 Å². The first kappa shape index (κ1) is 11.5. The minimum absolute atomic E-state index is 0.183. The Labute approximate surface area is 85.4 Å². The molecule has 0 aromatic heterocycles. The van der Waals surface area contributed by atoms with Gasteiger partial charge in [0, 0.05) is 32.7 Å². The minimum Gasteiger partial charge on any atom is -0.378 e. The zero-order chi connectivity index (χ0) is 10.4. The van der Waals surface area contributed by atoms with Crippen molar-refractivity contribution in [3.05, 3.63) is 0 Å². The quantitative estimate of drug-likeness (QED) is 0.713. The van der Waals surface area contributed by atoms with Crippen LogP contribution in [0.2, 0.25) is 0 Å². The number of rotatable bonds is 4. The second-order valence-electron chi connectivity index (χ2n) is 3.57. The maximum atomic E-state index is 11.5. The van der Waals surface area contributed by atoms with Gasteiger partial charge in [-0.15, -0.1) is 0 Å². The molecule has 1 heterocycles. The summed E-state index contributed by atoms with van der Waals surface area (Å²) in [6.45, 7) is 4.87. The number of carbonyl (C=O) groups excluding carboxylic acids is 1. The highest BCUT2D eigenvalue weighted by Gasteiger charge is 2.21. The summed E-state index contributed by atoms with van der Waals surface area (Å²) in [5.74, 6) is 0.183. The summed E-state index contributed by atoms with van der Waals surface area (Å²) in [6.07, 6.45) is 2.75. The molecule has 1 rings (SSSR count). The largest absolute Gasteiger partial charge is 0.378 e. The fraction of sp³-hybridized carbons (Fsp3) is 0.900. The van der Waals surface area contributed by atoms with Crippen LogP contribution >= 0.6 is 0 Å². The van der Waals surface area contributed by atoms with Crippen molar-refractivity contribution in [3.63, 3.8) is 0 Å². The van der Waals surface area contributed by atoms with Crippen LogP contribution in [-0.2, 0) is 9.53 Å². The van der Waals surface area contributed by atoms with Crippen LogP contribution in [0.5, 0.6) is 0 Å². The molecule has 0 aromatic rings. The lowest BCUT2D eigenvalue weighted by molar-refractivity contribution is -0.133. The summed E-state index contributed by atoms with van der Waals surface area (Å²) in [6, 6.07) is 0. The van der Waals surface area contributed by atoms with Crippen molar-refractivity contribution in [1.29, 1.82) is 0 Å². The van der Waals surface area contributed by atoms with Crippen molar-refractivity contribution < 1.29 is 9.53 Å². The molecule has 0 saturated carbocycles. The SMILES string of the molecule is CCOC1CCN(C(=O)CCN)CC1. The topological polar surface area (TPSA) is 55.6 Å². The van der Waals surface area contributed by atoms with Crippen molar-refractivity contribution >= 4 is 5.91 Å². The number of nitrogens with two attached hydrogens (primary N) is 1. The van der Waals surface area contributed by atoms with Gasteiger partial charge >= 0.3 is 0 Å². The van der Waals surface area contributed by atoms with Gasteiger partial charge in [-0.05, 0) is 19.8 Å². The normalized spacial score (nSPS) is 18.6. The lowest BCUT2D eigenvalue weighted by Crippen LogP contribution is -2.41. The number of hydrogen-bond acceptors (Lipinski definition) is 3. The van der Waals surface area contributed by atoms with Gasteiger partial charge < -0.3 is 15.4 Å². The van der Waals surface area contributed by atoms with Gasteiger partial charge in [0.15, 0.2) is 0 Å². The van der Waals surface area contributed by atoms with Crippen molar-refractivity contribution in [2.24, 2.45) is 5.73 Å². The molecule has 4 heteroatoms. The van der Waals surface area contributed by atoms with Gasteiger partial charge in [-0.25, -0.2) is 0 Å². The Hall–Kier alpha value is -0.610. The zero-order valence-corrected chi connectivity index (χ0v) is 8.87. The molecule has 1 fully saturated rings. The molecule has 1 saturated heterocycles. The van der Waals surface area contributed by atoms with Gasteiger partial charge in [0.1, 0.15) is 0 Å². The Morgan fingerprint density at radius 1 is 1.50 bits per heavy atom. The molecule has 0 radical (unpaired) electrons. The average molecular weight is 200 g/mol. The molecule has 0 aromatic carbocycles. The number of likely N-dealkylation sites (tertiary alicyclic amines) is 1. The monoisotopic (exact) mass is 200 g/mol. The number of piperidine rings is 1. The van der Waals surface area contributed by atoms with Gasteiger partial charge in [0.2, 0.25) is 5.91 Å². The lowest BCUT2D eigenvalue weighted by Gasteiger charge is -2.31. The standard InChI is InChI=1S/C10H20N2O2/c1-2-14-9-4-7-12(8-5-9)10(13)3-6-11/h9H,2-8,11H2,1H3. The summed E-state index contributed by atoms with van der Waals surface area (Å²) in [5, 5.41) is 0. The Kier molecular flexibility index (Phi) is 4.90. The van der Waals surface area contributed by atoms with Crippen LogP contribution in [0.4, 0.5) is 0 Å². The van der Waals surface area contributed by atoms with Crippen LogP contribution in [0, 0.1) is 0 Å².